The van der Waals surface area contributed by atoms with Crippen LogP contribution in [0.25, 0.3) is 0 Å². The first-order valence-electron chi connectivity index (χ1n) is 6.52. The van der Waals surface area contributed by atoms with E-state index in [1.54, 1.807) is 4.90 Å². The van der Waals surface area contributed by atoms with Crippen LogP contribution in [0, 0.1) is 13.8 Å². The van der Waals surface area contributed by atoms with Gasteiger partial charge >= 0.3 is 0 Å². The Balaban J connectivity index is 2.02. The highest BCUT2D eigenvalue weighted by molar-refractivity contribution is 5.94. The van der Waals surface area contributed by atoms with Crippen LogP contribution in [0.1, 0.15) is 34.3 Å². The molecule has 0 bridgehead atoms. The van der Waals surface area contributed by atoms with Gasteiger partial charge in [-0.2, -0.15) is 0 Å². The van der Waals surface area contributed by atoms with Gasteiger partial charge < -0.3 is 9.64 Å². The van der Waals surface area contributed by atoms with Crippen molar-refractivity contribution in [2.75, 3.05) is 20.2 Å². The number of benzene rings is 1. The van der Waals surface area contributed by atoms with Crippen LogP contribution < -0.4 is 0 Å². The number of aryl methyl sites for hydroxylation is 2. The third kappa shape index (κ3) is 2.91. The van der Waals surface area contributed by atoms with Crippen LogP contribution in [0.5, 0.6) is 0 Å². The lowest BCUT2D eigenvalue weighted by molar-refractivity contribution is 0.0587. The SMILES string of the molecule is Cc1ccc(C(=O)N(C)CC2CCCO2)cc1C. The van der Waals surface area contributed by atoms with E-state index in [1.165, 1.54) is 5.56 Å². The number of nitrogens with zero attached hydrogens (tertiary/aromatic N) is 1. The summed E-state index contributed by atoms with van der Waals surface area (Å²) >= 11 is 0. The van der Waals surface area contributed by atoms with Crippen molar-refractivity contribution >= 4 is 5.91 Å². The van der Waals surface area contributed by atoms with Crippen molar-refractivity contribution < 1.29 is 9.53 Å². The van der Waals surface area contributed by atoms with E-state index in [9.17, 15) is 4.79 Å². The number of ether oxygens (including phenoxy) is 1. The van der Waals surface area contributed by atoms with Crippen molar-refractivity contribution in [2.45, 2.75) is 32.8 Å². The van der Waals surface area contributed by atoms with Crippen LogP contribution in [0.2, 0.25) is 0 Å². The largest absolute Gasteiger partial charge is 0.376 e. The standard InChI is InChI=1S/C15H21NO2/c1-11-6-7-13(9-12(11)2)15(17)16(3)10-14-5-4-8-18-14/h6-7,9,14H,4-5,8,10H2,1-3H3. The quantitative estimate of drug-likeness (QED) is 0.821. The van der Waals surface area contributed by atoms with Gasteiger partial charge in [-0.25, -0.2) is 0 Å². The summed E-state index contributed by atoms with van der Waals surface area (Å²) in [5.74, 6) is 0.0774. The van der Waals surface area contributed by atoms with Crippen LogP contribution in [0.3, 0.4) is 0 Å². The topological polar surface area (TPSA) is 29.5 Å². The molecule has 0 saturated carbocycles. The second kappa shape index (κ2) is 5.53. The number of carbonyl (C=O) groups excluding carboxylic acids is 1. The predicted molar refractivity (Wildman–Crippen MR) is 71.9 cm³/mol. The molecule has 2 rings (SSSR count). The average molecular weight is 247 g/mol. The molecule has 0 radical (unpaired) electrons. The fourth-order valence-corrected chi connectivity index (χ4v) is 2.27. The number of rotatable bonds is 3. The molecule has 0 N–H and O–H groups in total. The summed E-state index contributed by atoms with van der Waals surface area (Å²) in [5, 5.41) is 0. The summed E-state index contributed by atoms with van der Waals surface area (Å²) in [5.41, 5.74) is 3.14. The van der Waals surface area contributed by atoms with Crippen molar-refractivity contribution in [1.82, 2.24) is 4.90 Å². The highest BCUT2D eigenvalue weighted by Gasteiger charge is 2.20. The van der Waals surface area contributed by atoms with E-state index in [2.05, 4.69) is 6.92 Å². The molecule has 1 aromatic carbocycles. The highest BCUT2D eigenvalue weighted by Crippen LogP contribution is 2.15. The van der Waals surface area contributed by atoms with E-state index in [4.69, 9.17) is 4.74 Å². The van der Waals surface area contributed by atoms with E-state index in [-0.39, 0.29) is 12.0 Å². The number of carbonyl (C=O) groups is 1. The van der Waals surface area contributed by atoms with Gasteiger partial charge in [-0.05, 0) is 49.9 Å². The van der Waals surface area contributed by atoms with E-state index in [0.29, 0.717) is 6.54 Å². The molecule has 1 saturated heterocycles. The van der Waals surface area contributed by atoms with Gasteiger partial charge in [0.25, 0.3) is 5.91 Å². The number of hydrogen-bond donors (Lipinski definition) is 0. The average Bonchev–Trinajstić information content (AvgIpc) is 2.84. The molecule has 0 spiro atoms. The van der Waals surface area contributed by atoms with Gasteiger partial charge in [0, 0.05) is 25.8 Å². The fraction of sp³-hybridized carbons (Fsp3) is 0.533. The molecule has 1 unspecified atom stereocenters. The van der Waals surface area contributed by atoms with Gasteiger partial charge in [0.2, 0.25) is 0 Å². The fourth-order valence-electron chi connectivity index (χ4n) is 2.27. The van der Waals surface area contributed by atoms with Crippen molar-refractivity contribution in [3.63, 3.8) is 0 Å². The maximum atomic E-state index is 12.3. The first-order chi connectivity index (χ1) is 8.58. The molecular weight excluding hydrogens is 226 g/mol. The molecule has 98 valence electrons. The molecule has 18 heavy (non-hydrogen) atoms. The minimum atomic E-state index is 0.0774. The van der Waals surface area contributed by atoms with Crippen LogP contribution in [-0.2, 0) is 4.74 Å². The molecule has 1 aromatic rings. The van der Waals surface area contributed by atoms with Crippen LogP contribution in [0.4, 0.5) is 0 Å². The molecule has 3 nitrogen and oxygen atoms in total. The summed E-state index contributed by atoms with van der Waals surface area (Å²) in [6, 6.07) is 5.86. The Morgan fingerprint density at radius 1 is 1.39 bits per heavy atom. The van der Waals surface area contributed by atoms with Crippen LogP contribution in [-0.4, -0.2) is 37.1 Å². The third-order valence-electron chi connectivity index (χ3n) is 3.60. The predicted octanol–water partition coefficient (Wildman–Crippen LogP) is 2.55. The second-order valence-corrected chi connectivity index (χ2v) is 5.12. The summed E-state index contributed by atoms with van der Waals surface area (Å²) in [6.07, 6.45) is 2.38. The summed E-state index contributed by atoms with van der Waals surface area (Å²) in [7, 11) is 1.85. The van der Waals surface area contributed by atoms with Gasteiger partial charge in [0.1, 0.15) is 0 Å². The number of amides is 1. The molecule has 0 aliphatic carbocycles. The summed E-state index contributed by atoms with van der Waals surface area (Å²) in [4.78, 5) is 14.0. The lowest BCUT2D eigenvalue weighted by Crippen LogP contribution is -2.34. The summed E-state index contributed by atoms with van der Waals surface area (Å²) < 4.78 is 5.56. The molecule has 1 amide bonds. The van der Waals surface area contributed by atoms with E-state index < -0.39 is 0 Å². The lowest BCUT2D eigenvalue weighted by Gasteiger charge is -2.21. The van der Waals surface area contributed by atoms with Crippen molar-refractivity contribution in [1.29, 1.82) is 0 Å². The molecule has 1 aliphatic heterocycles. The Morgan fingerprint density at radius 3 is 2.78 bits per heavy atom. The minimum absolute atomic E-state index is 0.0774. The van der Waals surface area contributed by atoms with Crippen LogP contribution >= 0.6 is 0 Å². The first-order valence-corrected chi connectivity index (χ1v) is 6.52. The van der Waals surface area contributed by atoms with E-state index in [1.807, 2.05) is 32.2 Å². The number of likely N-dealkylation sites (N-methyl/N-ethyl adjacent to an activating group) is 1. The Bertz CT molecular complexity index is 436. The monoisotopic (exact) mass is 247 g/mol. The molecule has 1 atom stereocenters. The molecule has 1 heterocycles. The lowest BCUT2D eigenvalue weighted by atomic mass is 10.1. The molecular formula is C15H21NO2. The Morgan fingerprint density at radius 2 is 2.17 bits per heavy atom. The molecule has 3 heteroatoms. The Kier molecular flexibility index (Phi) is 4.02. The third-order valence-corrected chi connectivity index (χ3v) is 3.60. The van der Waals surface area contributed by atoms with Gasteiger partial charge in [-0.15, -0.1) is 0 Å². The minimum Gasteiger partial charge on any atom is -0.376 e. The first kappa shape index (κ1) is 13.1. The summed E-state index contributed by atoms with van der Waals surface area (Å²) in [6.45, 7) is 5.61. The Hall–Kier alpha value is -1.35. The Labute approximate surface area is 109 Å². The van der Waals surface area contributed by atoms with Gasteiger partial charge in [-0.1, -0.05) is 6.07 Å². The van der Waals surface area contributed by atoms with E-state index in [0.717, 1.165) is 30.6 Å². The van der Waals surface area contributed by atoms with Crippen LogP contribution in [0.15, 0.2) is 18.2 Å². The second-order valence-electron chi connectivity index (χ2n) is 5.12. The maximum Gasteiger partial charge on any atom is 0.253 e. The van der Waals surface area contributed by atoms with Gasteiger partial charge in [0.15, 0.2) is 0 Å². The zero-order valence-electron chi connectivity index (χ0n) is 11.4. The van der Waals surface area contributed by atoms with Crippen molar-refractivity contribution in [3.8, 4) is 0 Å². The van der Waals surface area contributed by atoms with Gasteiger partial charge in [-0.3, -0.25) is 4.79 Å². The highest BCUT2D eigenvalue weighted by atomic mass is 16.5. The maximum absolute atomic E-state index is 12.3. The zero-order chi connectivity index (χ0) is 13.1. The molecule has 1 aliphatic rings. The molecule has 1 fully saturated rings. The van der Waals surface area contributed by atoms with Crippen molar-refractivity contribution in [3.05, 3.63) is 34.9 Å². The normalized spacial score (nSPS) is 18.9. The van der Waals surface area contributed by atoms with E-state index >= 15 is 0 Å². The van der Waals surface area contributed by atoms with Gasteiger partial charge in [0.05, 0.1) is 6.10 Å². The zero-order valence-corrected chi connectivity index (χ0v) is 11.4. The van der Waals surface area contributed by atoms with Crippen molar-refractivity contribution in [2.24, 2.45) is 0 Å². The molecule has 0 aromatic heterocycles. The number of hydrogen-bond acceptors (Lipinski definition) is 2. The smallest absolute Gasteiger partial charge is 0.253 e.